The third-order valence-electron chi connectivity index (χ3n) is 3.89. The van der Waals surface area contributed by atoms with Crippen molar-refractivity contribution in [3.8, 4) is 22.4 Å². The molecule has 2 aromatic heterocycles. The summed E-state index contributed by atoms with van der Waals surface area (Å²) in [6, 6.07) is 8.33. The standard InChI is InChI=1S/C17H19N3O/c1-10-5-6-13(7-11(10)2)15-16(19-20(4)17(15)18)14-8-12(3)21-9-14/h5-9H,18H2,1-4H3. The van der Waals surface area contributed by atoms with Gasteiger partial charge in [-0.3, -0.25) is 4.68 Å². The Balaban J connectivity index is 2.24. The van der Waals surface area contributed by atoms with Crippen LogP contribution in [0, 0.1) is 20.8 Å². The van der Waals surface area contributed by atoms with Crippen LogP contribution in [0.25, 0.3) is 22.4 Å². The van der Waals surface area contributed by atoms with Gasteiger partial charge in [0.25, 0.3) is 0 Å². The van der Waals surface area contributed by atoms with Crippen molar-refractivity contribution in [2.75, 3.05) is 5.73 Å². The first-order valence-corrected chi connectivity index (χ1v) is 6.93. The van der Waals surface area contributed by atoms with E-state index in [0.717, 1.165) is 28.1 Å². The van der Waals surface area contributed by atoms with Crippen molar-refractivity contribution in [1.29, 1.82) is 0 Å². The zero-order valence-electron chi connectivity index (χ0n) is 12.8. The molecule has 0 unspecified atom stereocenters. The average molecular weight is 281 g/mol. The Labute approximate surface area is 124 Å². The van der Waals surface area contributed by atoms with Crippen molar-refractivity contribution < 1.29 is 4.42 Å². The summed E-state index contributed by atoms with van der Waals surface area (Å²) in [7, 11) is 1.86. The van der Waals surface area contributed by atoms with E-state index in [0.29, 0.717) is 5.82 Å². The Morgan fingerprint density at radius 1 is 1.05 bits per heavy atom. The summed E-state index contributed by atoms with van der Waals surface area (Å²) in [4.78, 5) is 0. The molecule has 1 aromatic carbocycles. The Bertz CT molecular complexity index is 812. The van der Waals surface area contributed by atoms with E-state index in [4.69, 9.17) is 10.2 Å². The van der Waals surface area contributed by atoms with Crippen molar-refractivity contribution >= 4 is 5.82 Å². The molecule has 0 fully saturated rings. The summed E-state index contributed by atoms with van der Waals surface area (Å²) in [5, 5.41) is 4.55. The molecule has 0 saturated heterocycles. The van der Waals surface area contributed by atoms with Crippen molar-refractivity contribution in [2.24, 2.45) is 7.05 Å². The summed E-state index contributed by atoms with van der Waals surface area (Å²) < 4.78 is 7.12. The van der Waals surface area contributed by atoms with Gasteiger partial charge in [0.15, 0.2) is 0 Å². The topological polar surface area (TPSA) is 57.0 Å². The average Bonchev–Trinajstić information content (AvgIpc) is 2.99. The fourth-order valence-corrected chi connectivity index (χ4v) is 2.49. The molecule has 0 bridgehead atoms. The number of hydrogen-bond acceptors (Lipinski definition) is 3. The zero-order chi connectivity index (χ0) is 15.1. The van der Waals surface area contributed by atoms with Gasteiger partial charge in [0.1, 0.15) is 23.5 Å². The highest BCUT2D eigenvalue weighted by atomic mass is 16.3. The monoisotopic (exact) mass is 281 g/mol. The molecule has 4 heteroatoms. The number of furan rings is 1. The maximum absolute atomic E-state index is 6.24. The lowest BCUT2D eigenvalue weighted by molar-refractivity contribution is 0.535. The number of anilines is 1. The smallest absolute Gasteiger partial charge is 0.129 e. The van der Waals surface area contributed by atoms with Gasteiger partial charge >= 0.3 is 0 Å². The van der Waals surface area contributed by atoms with Gasteiger partial charge in [-0.05, 0) is 43.5 Å². The van der Waals surface area contributed by atoms with Gasteiger partial charge in [-0.25, -0.2) is 0 Å². The van der Waals surface area contributed by atoms with E-state index in [1.54, 1.807) is 10.9 Å². The van der Waals surface area contributed by atoms with Crippen LogP contribution in [0.4, 0.5) is 5.82 Å². The molecule has 0 aliphatic heterocycles. The molecule has 2 N–H and O–H groups in total. The molecule has 3 rings (SSSR count). The third kappa shape index (κ3) is 2.23. The molecule has 0 amide bonds. The van der Waals surface area contributed by atoms with Gasteiger partial charge in [-0.2, -0.15) is 5.10 Å². The molecular formula is C17H19N3O. The number of rotatable bonds is 2. The Morgan fingerprint density at radius 2 is 1.81 bits per heavy atom. The van der Waals surface area contributed by atoms with Gasteiger partial charge in [0, 0.05) is 12.6 Å². The Morgan fingerprint density at radius 3 is 2.43 bits per heavy atom. The van der Waals surface area contributed by atoms with Gasteiger partial charge in [0.2, 0.25) is 0 Å². The summed E-state index contributed by atoms with van der Waals surface area (Å²) in [6.45, 7) is 6.13. The fraction of sp³-hybridized carbons (Fsp3) is 0.235. The van der Waals surface area contributed by atoms with E-state index in [-0.39, 0.29) is 0 Å². The van der Waals surface area contributed by atoms with Crippen LogP contribution in [0.15, 0.2) is 34.9 Å². The SMILES string of the molecule is Cc1cc(-c2nn(C)c(N)c2-c2ccc(C)c(C)c2)co1. The Hall–Kier alpha value is -2.49. The minimum Gasteiger partial charge on any atom is -0.469 e. The van der Waals surface area contributed by atoms with E-state index in [2.05, 4.69) is 37.1 Å². The third-order valence-corrected chi connectivity index (χ3v) is 3.89. The van der Waals surface area contributed by atoms with Crippen LogP contribution in [-0.4, -0.2) is 9.78 Å². The summed E-state index contributed by atoms with van der Waals surface area (Å²) >= 11 is 0. The predicted octanol–water partition coefficient (Wildman–Crippen LogP) is 3.85. The number of hydrogen-bond donors (Lipinski definition) is 1. The Kier molecular flexibility index (Phi) is 3.09. The second kappa shape index (κ2) is 4.81. The molecule has 4 nitrogen and oxygen atoms in total. The summed E-state index contributed by atoms with van der Waals surface area (Å²) in [5.74, 6) is 1.52. The molecule has 108 valence electrons. The van der Waals surface area contributed by atoms with Crippen LogP contribution in [0.1, 0.15) is 16.9 Å². The molecule has 0 radical (unpaired) electrons. The van der Waals surface area contributed by atoms with Crippen molar-refractivity contribution in [1.82, 2.24) is 9.78 Å². The lowest BCUT2D eigenvalue weighted by Gasteiger charge is -2.06. The number of aryl methyl sites for hydroxylation is 4. The minimum atomic E-state index is 0.659. The number of nitrogens with zero attached hydrogens (tertiary/aromatic N) is 2. The quantitative estimate of drug-likeness (QED) is 0.776. The maximum Gasteiger partial charge on any atom is 0.129 e. The predicted molar refractivity (Wildman–Crippen MR) is 85.0 cm³/mol. The van der Waals surface area contributed by atoms with E-state index in [1.807, 2.05) is 20.0 Å². The largest absolute Gasteiger partial charge is 0.469 e. The molecule has 0 aliphatic carbocycles. The van der Waals surface area contributed by atoms with E-state index in [1.165, 1.54) is 11.1 Å². The normalized spacial score (nSPS) is 11.0. The molecule has 3 aromatic rings. The minimum absolute atomic E-state index is 0.659. The highest BCUT2D eigenvalue weighted by molar-refractivity contribution is 5.88. The lowest BCUT2D eigenvalue weighted by Crippen LogP contribution is -1.98. The van der Waals surface area contributed by atoms with Crippen LogP contribution in [0.5, 0.6) is 0 Å². The second-order valence-corrected chi connectivity index (χ2v) is 5.48. The fourth-order valence-electron chi connectivity index (χ4n) is 2.49. The van der Waals surface area contributed by atoms with Crippen LogP contribution in [0.2, 0.25) is 0 Å². The zero-order valence-corrected chi connectivity index (χ0v) is 12.8. The van der Waals surface area contributed by atoms with Crippen LogP contribution < -0.4 is 5.73 Å². The van der Waals surface area contributed by atoms with Gasteiger partial charge in [-0.15, -0.1) is 0 Å². The molecular weight excluding hydrogens is 262 g/mol. The van der Waals surface area contributed by atoms with Crippen molar-refractivity contribution in [2.45, 2.75) is 20.8 Å². The van der Waals surface area contributed by atoms with E-state index >= 15 is 0 Å². The van der Waals surface area contributed by atoms with E-state index < -0.39 is 0 Å². The molecule has 0 spiro atoms. The molecule has 0 saturated carbocycles. The van der Waals surface area contributed by atoms with Crippen molar-refractivity contribution in [3.63, 3.8) is 0 Å². The van der Waals surface area contributed by atoms with Crippen molar-refractivity contribution in [3.05, 3.63) is 47.4 Å². The van der Waals surface area contributed by atoms with Crippen LogP contribution >= 0.6 is 0 Å². The summed E-state index contributed by atoms with van der Waals surface area (Å²) in [6.07, 6.45) is 1.72. The molecule has 21 heavy (non-hydrogen) atoms. The van der Waals surface area contributed by atoms with E-state index in [9.17, 15) is 0 Å². The highest BCUT2D eigenvalue weighted by Gasteiger charge is 2.19. The highest BCUT2D eigenvalue weighted by Crippen LogP contribution is 2.37. The number of nitrogen functional groups attached to an aromatic ring is 1. The molecule has 0 atom stereocenters. The first-order valence-electron chi connectivity index (χ1n) is 6.93. The number of benzene rings is 1. The lowest BCUT2D eigenvalue weighted by atomic mass is 9.98. The number of nitrogens with two attached hydrogens (primary N) is 1. The second-order valence-electron chi connectivity index (χ2n) is 5.48. The molecule has 2 heterocycles. The van der Waals surface area contributed by atoms with Crippen LogP contribution in [-0.2, 0) is 7.05 Å². The first kappa shape index (κ1) is 13.5. The van der Waals surface area contributed by atoms with Gasteiger partial charge in [0.05, 0.1) is 5.56 Å². The van der Waals surface area contributed by atoms with Crippen LogP contribution in [0.3, 0.4) is 0 Å². The molecule has 0 aliphatic rings. The first-order chi connectivity index (χ1) is 9.97. The number of aromatic nitrogens is 2. The maximum atomic E-state index is 6.24. The van der Waals surface area contributed by atoms with Gasteiger partial charge in [-0.1, -0.05) is 18.2 Å². The van der Waals surface area contributed by atoms with Gasteiger partial charge < -0.3 is 10.2 Å². The summed E-state index contributed by atoms with van der Waals surface area (Å²) in [5.41, 5.74) is 12.6.